The Morgan fingerprint density at radius 1 is 1.08 bits per heavy atom. The lowest BCUT2D eigenvalue weighted by atomic mass is 10.2. The van der Waals surface area contributed by atoms with Crippen LogP contribution in [0.2, 0.25) is 0 Å². The zero-order chi connectivity index (χ0) is 18.4. The van der Waals surface area contributed by atoms with Crippen molar-refractivity contribution < 1.29 is 14.3 Å². The fraction of sp³-hybridized carbons (Fsp3) is 0.211. The second-order valence-electron chi connectivity index (χ2n) is 5.78. The zero-order valence-corrected chi connectivity index (χ0v) is 15.1. The Balaban J connectivity index is 1.38. The van der Waals surface area contributed by atoms with E-state index in [-0.39, 0.29) is 18.9 Å². The largest absolute Gasteiger partial charge is 0.484 e. The maximum atomic E-state index is 11.9. The average molecular weight is 369 g/mol. The summed E-state index contributed by atoms with van der Waals surface area (Å²) >= 11 is 1.57. The molecule has 0 aliphatic carbocycles. The maximum absolute atomic E-state index is 11.9. The van der Waals surface area contributed by atoms with Crippen LogP contribution in [0.3, 0.4) is 0 Å². The van der Waals surface area contributed by atoms with Crippen LogP contribution in [0.4, 0.5) is 0 Å². The van der Waals surface area contributed by atoms with Gasteiger partial charge in [-0.2, -0.15) is 0 Å². The molecule has 134 valence electrons. The first-order valence-corrected chi connectivity index (χ1v) is 9.03. The number of rotatable bonds is 6. The number of ether oxygens (including phenoxy) is 1. The van der Waals surface area contributed by atoms with Crippen molar-refractivity contribution in [1.82, 2.24) is 15.8 Å². The van der Waals surface area contributed by atoms with E-state index in [1.807, 2.05) is 49.4 Å². The van der Waals surface area contributed by atoms with Crippen LogP contribution in [0.25, 0.3) is 10.2 Å². The van der Waals surface area contributed by atoms with Gasteiger partial charge in [0.2, 0.25) is 5.91 Å². The van der Waals surface area contributed by atoms with E-state index in [2.05, 4.69) is 15.8 Å². The number of hydrazine groups is 1. The molecule has 2 N–H and O–H groups in total. The second-order valence-corrected chi connectivity index (χ2v) is 6.89. The van der Waals surface area contributed by atoms with E-state index >= 15 is 0 Å². The van der Waals surface area contributed by atoms with Gasteiger partial charge < -0.3 is 4.74 Å². The van der Waals surface area contributed by atoms with Crippen molar-refractivity contribution >= 4 is 33.4 Å². The van der Waals surface area contributed by atoms with Gasteiger partial charge in [0.15, 0.2) is 6.61 Å². The molecule has 2 aromatic carbocycles. The molecule has 3 rings (SSSR count). The first-order chi connectivity index (χ1) is 12.6. The molecule has 6 nitrogen and oxygen atoms in total. The minimum atomic E-state index is -0.417. The van der Waals surface area contributed by atoms with Crippen molar-refractivity contribution in [1.29, 1.82) is 0 Å². The molecular formula is C19H19N3O3S. The van der Waals surface area contributed by atoms with Crippen molar-refractivity contribution in [2.75, 3.05) is 6.61 Å². The standard InChI is InChI=1S/C19H19N3O3S/c1-13-5-4-6-14(11-13)25-12-18(24)22-21-17(23)9-10-19-20-15-7-2-3-8-16(15)26-19/h2-8,11H,9-10,12H2,1H3,(H,21,23)(H,22,24). The van der Waals surface area contributed by atoms with Crippen LogP contribution in [0, 0.1) is 6.92 Å². The van der Waals surface area contributed by atoms with E-state index in [9.17, 15) is 9.59 Å². The van der Waals surface area contributed by atoms with Crippen LogP contribution < -0.4 is 15.6 Å². The van der Waals surface area contributed by atoms with Gasteiger partial charge in [-0.25, -0.2) is 4.98 Å². The van der Waals surface area contributed by atoms with Crippen LogP contribution in [-0.4, -0.2) is 23.4 Å². The van der Waals surface area contributed by atoms with Crippen LogP contribution in [0.1, 0.15) is 17.0 Å². The fourth-order valence-corrected chi connectivity index (χ4v) is 3.31. The van der Waals surface area contributed by atoms with Crippen LogP contribution in [0.15, 0.2) is 48.5 Å². The third-order valence-corrected chi connectivity index (χ3v) is 4.70. The summed E-state index contributed by atoms with van der Waals surface area (Å²) < 4.78 is 6.47. The molecule has 0 aliphatic heterocycles. The van der Waals surface area contributed by atoms with Gasteiger partial charge in [-0.05, 0) is 36.8 Å². The minimum Gasteiger partial charge on any atom is -0.484 e. The highest BCUT2D eigenvalue weighted by Crippen LogP contribution is 2.22. The number of benzene rings is 2. The second kappa shape index (κ2) is 8.44. The molecule has 26 heavy (non-hydrogen) atoms. The van der Waals surface area contributed by atoms with Crippen LogP contribution in [0.5, 0.6) is 5.75 Å². The molecular weight excluding hydrogens is 350 g/mol. The first-order valence-electron chi connectivity index (χ1n) is 8.22. The molecule has 0 saturated heterocycles. The van der Waals surface area contributed by atoms with E-state index in [4.69, 9.17) is 4.74 Å². The first kappa shape index (κ1) is 17.9. The average Bonchev–Trinajstić information content (AvgIpc) is 3.06. The summed E-state index contributed by atoms with van der Waals surface area (Å²) in [6.45, 7) is 1.78. The number of hydrogen-bond acceptors (Lipinski definition) is 5. The monoisotopic (exact) mass is 369 g/mol. The highest BCUT2D eigenvalue weighted by Gasteiger charge is 2.08. The van der Waals surface area contributed by atoms with Crippen molar-refractivity contribution in [2.45, 2.75) is 19.8 Å². The van der Waals surface area contributed by atoms with Gasteiger partial charge in [-0.3, -0.25) is 20.4 Å². The molecule has 3 aromatic rings. The summed E-state index contributed by atoms with van der Waals surface area (Å²) in [6.07, 6.45) is 0.777. The maximum Gasteiger partial charge on any atom is 0.276 e. The van der Waals surface area contributed by atoms with Gasteiger partial charge in [0.1, 0.15) is 5.75 Å². The Labute approximate surface area is 155 Å². The number of fused-ring (bicyclic) bond motifs is 1. The highest BCUT2D eigenvalue weighted by molar-refractivity contribution is 7.18. The van der Waals surface area contributed by atoms with Crippen molar-refractivity contribution in [3.63, 3.8) is 0 Å². The molecule has 0 aliphatic rings. The third kappa shape index (κ3) is 5.03. The van der Waals surface area contributed by atoms with E-state index in [0.29, 0.717) is 12.2 Å². The normalized spacial score (nSPS) is 10.5. The zero-order valence-electron chi connectivity index (χ0n) is 14.3. The van der Waals surface area contributed by atoms with Gasteiger partial charge in [0.25, 0.3) is 5.91 Å². The van der Waals surface area contributed by atoms with Gasteiger partial charge in [0, 0.05) is 12.8 Å². The van der Waals surface area contributed by atoms with Gasteiger partial charge in [0.05, 0.1) is 15.2 Å². The molecule has 7 heteroatoms. The number of amides is 2. The molecule has 0 saturated carbocycles. The Bertz CT molecular complexity index is 890. The summed E-state index contributed by atoms with van der Waals surface area (Å²) in [5, 5.41) is 0.899. The topological polar surface area (TPSA) is 80.3 Å². The Hall–Kier alpha value is -2.93. The number of aryl methyl sites for hydroxylation is 2. The minimum absolute atomic E-state index is 0.165. The molecule has 0 radical (unpaired) electrons. The Morgan fingerprint density at radius 2 is 1.88 bits per heavy atom. The SMILES string of the molecule is Cc1cccc(OCC(=O)NNC(=O)CCc2nc3ccccc3s2)c1. The summed E-state index contributed by atoms with van der Waals surface area (Å²) in [5.41, 5.74) is 6.73. The number of carbonyl (C=O) groups excluding carboxylic acids is 2. The van der Waals surface area contributed by atoms with Gasteiger partial charge in [-0.15, -0.1) is 11.3 Å². The predicted molar refractivity (Wildman–Crippen MR) is 101 cm³/mol. The molecule has 2 amide bonds. The lowest BCUT2D eigenvalue weighted by Crippen LogP contribution is -2.43. The summed E-state index contributed by atoms with van der Waals surface area (Å²) in [5.74, 6) is -0.0738. The molecule has 0 bridgehead atoms. The van der Waals surface area contributed by atoms with Crippen molar-refractivity contribution in [2.24, 2.45) is 0 Å². The molecule has 1 aromatic heterocycles. The molecule has 0 unspecified atom stereocenters. The lowest BCUT2D eigenvalue weighted by molar-refractivity contribution is -0.130. The van der Waals surface area contributed by atoms with Crippen LogP contribution >= 0.6 is 11.3 Å². The van der Waals surface area contributed by atoms with Gasteiger partial charge >= 0.3 is 0 Å². The van der Waals surface area contributed by atoms with Crippen molar-refractivity contribution in [3.05, 3.63) is 59.1 Å². The number of aromatic nitrogens is 1. The fourth-order valence-electron chi connectivity index (χ4n) is 2.34. The van der Waals surface area contributed by atoms with Crippen LogP contribution in [-0.2, 0) is 16.0 Å². The predicted octanol–water partition coefficient (Wildman–Crippen LogP) is 2.76. The number of carbonyl (C=O) groups is 2. The molecule has 0 atom stereocenters. The van der Waals surface area contributed by atoms with Crippen molar-refractivity contribution in [3.8, 4) is 5.75 Å². The third-order valence-electron chi connectivity index (χ3n) is 3.60. The Kier molecular flexibility index (Phi) is 5.80. The van der Waals surface area contributed by atoms with Gasteiger partial charge in [-0.1, -0.05) is 24.3 Å². The lowest BCUT2D eigenvalue weighted by Gasteiger charge is -2.09. The number of thiazole rings is 1. The molecule has 0 spiro atoms. The summed E-state index contributed by atoms with van der Waals surface area (Å²) in [6, 6.07) is 15.3. The van der Waals surface area contributed by atoms with E-state index in [1.54, 1.807) is 17.4 Å². The van der Waals surface area contributed by atoms with E-state index in [1.165, 1.54) is 0 Å². The number of hydrogen-bond donors (Lipinski definition) is 2. The number of para-hydroxylation sites is 1. The smallest absolute Gasteiger partial charge is 0.276 e. The summed E-state index contributed by atoms with van der Waals surface area (Å²) in [4.78, 5) is 28.1. The number of nitrogens with one attached hydrogen (secondary N) is 2. The quantitative estimate of drug-likeness (QED) is 0.655. The molecule has 0 fully saturated rings. The highest BCUT2D eigenvalue weighted by atomic mass is 32.1. The molecule has 1 heterocycles. The summed E-state index contributed by atoms with van der Waals surface area (Å²) in [7, 11) is 0. The van der Waals surface area contributed by atoms with E-state index in [0.717, 1.165) is 20.8 Å². The van der Waals surface area contributed by atoms with E-state index < -0.39 is 5.91 Å². The number of nitrogens with zero attached hydrogens (tertiary/aromatic N) is 1. The Morgan fingerprint density at radius 3 is 2.69 bits per heavy atom.